The Bertz CT molecular complexity index is 849. The molecule has 1 heterocycles. The lowest BCUT2D eigenvalue weighted by molar-refractivity contribution is -0.117. The van der Waals surface area contributed by atoms with E-state index in [0.717, 1.165) is 5.56 Å². The maximum absolute atomic E-state index is 12.0. The van der Waals surface area contributed by atoms with E-state index in [0.29, 0.717) is 21.6 Å². The fourth-order valence-electron chi connectivity index (χ4n) is 1.95. The van der Waals surface area contributed by atoms with E-state index >= 15 is 0 Å². The van der Waals surface area contributed by atoms with E-state index in [1.165, 1.54) is 4.80 Å². The van der Waals surface area contributed by atoms with Gasteiger partial charge in [0.05, 0.1) is 0 Å². The van der Waals surface area contributed by atoms with Gasteiger partial charge in [-0.05, 0) is 35.5 Å². The zero-order valence-electron chi connectivity index (χ0n) is 11.8. The van der Waals surface area contributed by atoms with Crippen molar-refractivity contribution in [1.82, 2.24) is 20.2 Å². The first kappa shape index (κ1) is 15.5. The van der Waals surface area contributed by atoms with Crippen molar-refractivity contribution in [3.05, 3.63) is 58.6 Å². The van der Waals surface area contributed by atoms with Crippen LogP contribution in [0.3, 0.4) is 0 Å². The first-order valence-corrected chi connectivity index (χ1v) is 7.45. The van der Waals surface area contributed by atoms with Gasteiger partial charge >= 0.3 is 0 Å². The van der Waals surface area contributed by atoms with Gasteiger partial charge in [-0.15, -0.1) is 10.2 Å². The summed E-state index contributed by atoms with van der Waals surface area (Å²) in [5, 5.41) is 15.8. The average Bonchev–Trinajstić information content (AvgIpc) is 2.95. The van der Waals surface area contributed by atoms with Crippen molar-refractivity contribution in [3.63, 3.8) is 0 Å². The Morgan fingerprint density at radius 1 is 1.09 bits per heavy atom. The molecule has 1 N–H and O–H groups in total. The monoisotopic (exact) mass is 347 g/mol. The predicted octanol–water partition coefficient (Wildman–Crippen LogP) is 3.29. The van der Waals surface area contributed by atoms with E-state index in [-0.39, 0.29) is 12.5 Å². The number of hydrogen-bond acceptors (Lipinski definition) is 4. The quantitative estimate of drug-likeness (QED) is 0.785. The van der Waals surface area contributed by atoms with Gasteiger partial charge in [-0.3, -0.25) is 4.79 Å². The molecule has 3 rings (SSSR count). The van der Waals surface area contributed by atoms with Gasteiger partial charge in [-0.2, -0.15) is 4.80 Å². The van der Waals surface area contributed by atoms with Crippen LogP contribution in [-0.4, -0.2) is 26.1 Å². The van der Waals surface area contributed by atoms with Gasteiger partial charge in [0.2, 0.25) is 11.7 Å². The molecule has 1 amide bonds. The lowest BCUT2D eigenvalue weighted by Crippen LogP contribution is -2.20. The number of amides is 1. The minimum atomic E-state index is -0.276. The largest absolute Gasteiger partial charge is 0.324 e. The Morgan fingerprint density at radius 2 is 1.83 bits per heavy atom. The zero-order chi connectivity index (χ0) is 16.2. The van der Waals surface area contributed by atoms with Crippen LogP contribution in [0.4, 0.5) is 5.69 Å². The third-order valence-electron chi connectivity index (χ3n) is 2.93. The molecule has 0 bridgehead atoms. The Morgan fingerprint density at radius 3 is 2.57 bits per heavy atom. The van der Waals surface area contributed by atoms with Gasteiger partial charge in [0.15, 0.2) is 0 Å². The van der Waals surface area contributed by atoms with Crippen molar-refractivity contribution >= 4 is 34.8 Å². The highest BCUT2D eigenvalue weighted by molar-refractivity contribution is 6.31. The highest BCUT2D eigenvalue weighted by atomic mass is 35.5. The fraction of sp³-hybridized carbons (Fsp3) is 0.0667. The molecule has 23 heavy (non-hydrogen) atoms. The van der Waals surface area contributed by atoms with Crippen LogP contribution in [0.25, 0.3) is 11.4 Å². The van der Waals surface area contributed by atoms with Gasteiger partial charge < -0.3 is 5.32 Å². The van der Waals surface area contributed by atoms with Crippen molar-refractivity contribution in [2.45, 2.75) is 6.54 Å². The Kier molecular flexibility index (Phi) is 4.55. The predicted molar refractivity (Wildman–Crippen MR) is 88.3 cm³/mol. The zero-order valence-corrected chi connectivity index (χ0v) is 13.3. The summed E-state index contributed by atoms with van der Waals surface area (Å²) in [4.78, 5) is 13.2. The van der Waals surface area contributed by atoms with Gasteiger partial charge in [0.1, 0.15) is 6.54 Å². The van der Waals surface area contributed by atoms with Crippen LogP contribution in [0.1, 0.15) is 0 Å². The number of aromatic nitrogens is 4. The van der Waals surface area contributed by atoms with E-state index in [1.807, 2.05) is 6.07 Å². The molecule has 0 saturated carbocycles. The summed E-state index contributed by atoms with van der Waals surface area (Å²) < 4.78 is 0. The van der Waals surface area contributed by atoms with Crippen molar-refractivity contribution in [3.8, 4) is 11.4 Å². The van der Waals surface area contributed by atoms with Crippen LogP contribution in [0.5, 0.6) is 0 Å². The molecule has 3 aromatic rings. The average molecular weight is 348 g/mol. The molecule has 0 radical (unpaired) electrons. The molecular weight excluding hydrogens is 337 g/mol. The number of hydrogen-bond donors (Lipinski definition) is 1. The van der Waals surface area contributed by atoms with E-state index in [4.69, 9.17) is 23.2 Å². The van der Waals surface area contributed by atoms with Crippen LogP contribution >= 0.6 is 23.2 Å². The molecule has 0 spiro atoms. The molecule has 0 unspecified atom stereocenters. The second-order valence-corrected chi connectivity index (χ2v) is 5.59. The molecule has 0 aliphatic rings. The smallest absolute Gasteiger partial charge is 0.248 e. The highest BCUT2D eigenvalue weighted by Gasteiger charge is 2.10. The van der Waals surface area contributed by atoms with Crippen molar-refractivity contribution < 1.29 is 4.79 Å². The number of benzene rings is 2. The standard InChI is InChI=1S/C15H11Cl2N5O/c16-11-4-1-3-10(7-11)15-19-21-22(20-15)9-14(23)18-13-6-2-5-12(17)8-13/h1-8H,9H2,(H,18,23). The van der Waals surface area contributed by atoms with Crippen LogP contribution < -0.4 is 5.32 Å². The van der Waals surface area contributed by atoms with Crippen LogP contribution in [-0.2, 0) is 11.3 Å². The first-order chi connectivity index (χ1) is 11.1. The molecule has 0 saturated heterocycles. The van der Waals surface area contributed by atoms with E-state index in [2.05, 4.69) is 20.7 Å². The van der Waals surface area contributed by atoms with Gasteiger partial charge in [-0.25, -0.2) is 0 Å². The molecule has 1 aromatic heterocycles. The summed E-state index contributed by atoms with van der Waals surface area (Å²) in [6.07, 6.45) is 0. The summed E-state index contributed by atoms with van der Waals surface area (Å²) in [6.45, 7) is -0.0555. The van der Waals surface area contributed by atoms with Crippen molar-refractivity contribution in [2.75, 3.05) is 5.32 Å². The Balaban J connectivity index is 1.68. The molecule has 116 valence electrons. The van der Waals surface area contributed by atoms with E-state index in [9.17, 15) is 4.79 Å². The summed E-state index contributed by atoms with van der Waals surface area (Å²) in [5.74, 6) is 0.130. The number of anilines is 1. The van der Waals surface area contributed by atoms with Crippen molar-refractivity contribution in [1.29, 1.82) is 0 Å². The summed E-state index contributed by atoms with van der Waals surface area (Å²) >= 11 is 11.8. The topological polar surface area (TPSA) is 72.7 Å². The lowest BCUT2D eigenvalue weighted by Gasteiger charge is -2.04. The number of halogens is 2. The molecule has 0 fully saturated rings. The van der Waals surface area contributed by atoms with Crippen LogP contribution in [0, 0.1) is 0 Å². The molecule has 6 nitrogen and oxygen atoms in total. The molecule has 0 aliphatic carbocycles. The van der Waals surface area contributed by atoms with Crippen molar-refractivity contribution in [2.24, 2.45) is 0 Å². The summed E-state index contributed by atoms with van der Waals surface area (Å²) in [6, 6.07) is 14.0. The minimum Gasteiger partial charge on any atom is -0.324 e. The first-order valence-electron chi connectivity index (χ1n) is 6.69. The third-order valence-corrected chi connectivity index (χ3v) is 3.40. The maximum Gasteiger partial charge on any atom is 0.248 e. The molecule has 0 atom stereocenters. The van der Waals surface area contributed by atoms with E-state index < -0.39 is 0 Å². The normalized spacial score (nSPS) is 10.5. The number of rotatable bonds is 4. The van der Waals surface area contributed by atoms with Gasteiger partial charge in [-0.1, -0.05) is 41.4 Å². The van der Waals surface area contributed by atoms with Gasteiger partial charge in [0.25, 0.3) is 0 Å². The summed E-state index contributed by atoms with van der Waals surface area (Å²) in [7, 11) is 0. The minimum absolute atomic E-state index is 0.0555. The molecule has 2 aromatic carbocycles. The van der Waals surface area contributed by atoms with Crippen LogP contribution in [0.15, 0.2) is 48.5 Å². The van der Waals surface area contributed by atoms with Gasteiger partial charge in [0, 0.05) is 21.3 Å². The third kappa shape index (κ3) is 4.06. The second-order valence-electron chi connectivity index (χ2n) is 4.71. The number of tetrazole rings is 1. The molecule has 8 heteroatoms. The number of carbonyl (C=O) groups excluding carboxylic acids is 1. The SMILES string of the molecule is O=C(Cn1nnc(-c2cccc(Cl)c2)n1)Nc1cccc(Cl)c1. The fourth-order valence-corrected chi connectivity index (χ4v) is 2.33. The van der Waals surface area contributed by atoms with Crippen LogP contribution in [0.2, 0.25) is 10.0 Å². The lowest BCUT2D eigenvalue weighted by atomic mass is 10.2. The number of carbonyl (C=O) groups is 1. The maximum atomic E-state index is 12.0. The molecular formula is C15H11Cl2N5O. The Hall–Kier alpha value is -2.44. The Labute approximate surface area is 142 Å². The molecule has 0 aliphatic heterocycles. The number of nitrogens with one attached hydrogen (secondary N) is 1. The number of nitrogens with zero attached hydrogens (tertiary/aromatic N) is 4. The summed E-state index contributed by atoms with van der Waals surface area (Å²) in [5.41, 5.74) is 1.34. The second kappa shape index (κ2) is 6.76. The highest BCUT2D eigenvalue weighted by Crippen LogP contribution is 2.18. The van der Waals surface area contributed by atoms with E-state index in [1.54, 1.807) is 42.5 Å².